The first kappa shape index (κ1) is 85.0. The van der Waals surface area contributed by atoms with Crippen molar-refractivity contribution in [3.63, 3.8) is 0 Å². The van der Waals surface area contributed by atoms with Crippen molar-refractivity contribution in [2.24, 2.45) is 0 Å². The van der Waals surface area contributed by atoms with Crippen molar-refractivity contribution < 1.29 is 32.9 Å². The smallest absolute Gasteiger partial charge is 0.268 e. The lowest BCUT2D eigenvalue weighted by Gasteiger charge is -2.29. The maximum Gasteiger partial charge on any atom is 0.268 e. The summed E-state index contributed by atoms with van der Waals surface area (Å²) >= 11 is 0. The number of nitrogens with zero attached hydrogens (tertiary/aromatic N) is 1. The van der Waals surface area contributed by atoms with E-state index in [9.17, 15) is 19.4 Å². The van der Waals surface area contributed by atoms with Crippen molar-refractivity contribution in [3.8, 4) is 0 Å². The molecule has 0 aromatic carbocycles. The fourth-order valence-electron chi connectivity index (χ4n) is 12.2. The van der Waals surface area contributed by atoms with Gasteiger partial charge >= 0.3 is 0 Å². The van der Waals surface area contributed by atoms with Gasteiger partial charge in [0.05, 0.1) is 39.9 Å². The molecule has 0 spiro atoms. The molecule has 0 aromatic heterocycles. The molecule has 0 bridgehead atoms. The molecule has 0 aromatic rings. The normalized spacial score (nSPS) is 13.6. The van der Waals surface area contributed by atoms with Crippen LogP contribution in [-0.4, -0.2) is 68.5 Å². The number of phosphoric acid groups is 1. The van der Waals surface area contributed by atoms with Gasteiger partial charge in [0, 0.05) is 6.42 Å². The third-order valence-electron chi connectivity index (χ3n) is 18.2. The van der Waals surface area contributed by atoms with Crippen LogP contribution in [0.15, 0.2) is 24.3 Å². The summed E-state index contributed by atoms with van der Waals surface area (Å²) < 4.78 is 23.5. The molecule has 1 amide bonds. The minimum Gasteiger partial charge on any atom is -0.756 e. The highest BCUT2D eigenvalue weighted by atomic mass is 31.2. The minimum atomic E-state index is -4.60. The van der Waals surface area contributed by atoms with Gasteiger partial charge in [0.1, 0.15) is 13.2 Å². The molecular formula is C77H153N2O6P. The summed E-state index contributed by atoms with van der Waals surface area (Å²) in [7, 11) is 1.28. The van der Waals surface area contributed by atoms with E-state index in [1.54, 1.807) is 6.08 Å². The van der Waals surface area contributed by atoms with Gasteiger partial charge in [-0.25, -0.2) is 0 Å². The maximum absolute atomic E-state index is 13.1. The summed E-state index contributed by atoms with van der Waals surface area (Å²) in [5.74, 6) is -0.187. The molecule has 0 aliphatic heterocycles. The maximum atomic E-state index is 13.1. The zero-order valence-corrected chi connectivity index (χ0v) is 59.7. The van der Waals surface area contributed by atoms with Crippen molar-refractivity contribution in [2.75, 3.05) is 40.9 Å². The fourth-order valence-corrected chi connectivity index (χ4v) is 12.9. The van der Waals surface area contributed by atoms with E-state index in [1.807, 2.05) is 27.2 Å². The standard InChI is InChI=1S/C77H153N2O6P/c1-6-8-10-12-14-16-18-20-22-24-26-28-30-32-34-36-37-38-39-40-41-43-45-47-49-51-53-55-57-59-61-63-65-67-69-71-77(81)78-75(74-85-86(82,83)84-73-72-79(3,4)5)76(80)70-68-66-64-62-60-58-56-54-52-50-48-46-44-42-35-33-31-29-27-25-23-21-19-17-15-13-11-9-7-2/h24,26,68,70,75-76,80H,6-23,25,27-67,69,71-74H2,1-5H3,(H-,78,81,82,83)/b26-24-,70-68+. The molecule has 3 unspecified atom stereocenters. The first-order valence-corrected chi connectivity index (χ1v) is 40.2. The number of rotatable bonds is 73. The number of quaternary nitrogens is 1. The number of aliphatic hydroxyl groups excluding tert-OH is 1. The Labute approximate surface area is 538 Å². The number of unbranched alkanes of at least 4 members (excludes halogenated alkanes) is 58. The molecular weight excluding hydrogens is 1080 g/mol. The van der Waals surface area contributed by atoms with Gasteiger partial charge in [-0.3, -0.25) is 9.36 Å². The van der Waals surface area contributed by atoms with E-state index in [4.69, 9.17) is 9.05 Å². The van der Waals surface area contributed by atoms with Crippen LogP contribution in [0.25, 0.3) is 0 Å². The third-order valence-corrected chi connectivity index (χ3v) is 19.1. The lowest BCUT2D eigenvalue weighted by atomic mass is 10.0. The summed E-state index contributed by atoms with van der Waals surface area (Å²) in [5, 5.41) is 14.0. The number of carbonyl (C=O) groups excluding carboxylic acids is 1. The number of hydrogen-bond donors (Lipinski definition) is 2. The molecule has 0 radical (unpaired) electrons. The molecule has 2 N–H and O–H groups in total. The molecule has 86 heavy (non-hydrogen) atoms. The van der Waals surface area contributed by atoms with Gasteiger partial charge in [0.15, 0.2) is 0 Å². The molecule has 8 nitrogen and oxygen atoms in total. The van der Waals surface area contributed by atoms with Crippen molar-refractivity contribution in [3.05, 3.63) is 24.3 Å². The van der Waals surface area contributed by atoms with Crippen LogP contribution >= 0.6 is 7.82 Å². The Balaban J connectivity index is 3.96. The van der Waals surface area contributed by atoms with E-state index in [1.165, 1.54) is 353 Å². The Morgan fingerprint density at radius 2 is 0.640 bits per heavy atom. The van der Waals surface area contributed by atoms with Crippen LogP contribution < -0.4 is 10.2 Å². The second-order valence-corrected chi connectivity index (χ2v) is 29.5. The van der Waals surface area contributed by atoms with Crippen LogP contribution in [0, 0.1) is 0 Å². The van der Waals surface area contributed by atoms with Crippen LogP contribution in [0.3, 0.4) is 0 Å². The largest absolute Gasteiger partial charge is 0.756 e. The van der Waals surface area contributed by atoms with Crippen molar-refractivity contribution >= 4 is 13.7 Å². The van der Waals surface area contributed by atoms with E-state index >= 15 is 0 Å². The average molecular weight is 1230 g/mol. The molecule has 512 valence electrons. The van der Waals surface area contributed by atoms with E-state index in [0.29, 0.717) is 17.4 Å². The summed E-state index contributed by atoms with van der Waals surface area (Å²) in [6.07, 6.45) is 90.5. The first-order chi connectivity index (χ1) is 42.0. The predicted octanol–water partition coefficient (Wildman–Crippen LogP) is 24.4. The molecule has 0 rings (SSSR count). The van der Waals surface area contributed by atoms with Gasteiger partial charge < -0.3 is 28.8 Å². The highest BCUT2D eigenvalue weighted by Gasteiger charge is 2.23. The topological polar surface area (TPSA) is 108 Å². The van der Waals surface area contributed by atoms with Gasteiger partial charge in [-0.15, -0.1) is 0 Å². The molecule has 0 saturated heterocycles. The lowest BCUT2D eigenvalue weighted by Crippen LogP contribution is -2.45. The van der Waals surface area contributed by atoms with E-state index in [0.717, 1.165) is 38.5 Å². The summed E-state index contributed by atoms with van der Waals surface area (Å²) in [6.45, 7) is 4.72. The molecule has 3 atom stereocenters. The molecule has 0 aliphatic rings. The van der Waals surface area contributed by atoms with E-state index in [2.05, 4.69) is 31.3 Å². The Morgan fingerprint density at radius 1 is 0.395 bits per heavy atom. The number of aliphatic hydroxyl groups is 1. The van der Waals surface area contributed by atoms with Crippen LogP contribution in [-0.2, 0) is 18.4 Å². The van der Waals surface area contributed by atoms with Gasteiger partial charge in [0.25, 0.3) is 7.82 Å². The van der Waals surface area contributed by atoms with Crippen LogP contribution in [0.5, 0.6) is 0 Å². The minimum absolute atomic E-state index is 0.00230. The van der Waals surface area contributed by atoms with Gasteiger partial charge in [-0.2, -0.15) is 0 Å². The molecule has 0 aliphatic carbocycles. The quantitative estimate of drug-likeness (QED) is 0.0272. The van der Waals surface area contributed by atoms with E-state index in [-0.39, 0.29) is 19.1 Å². The Kier molecular flexibility index (Phi) is 67.5. The van der Waals surface area contributed by atoms with Crippen molar-refractivity contribution in [2.45, 2.75) is 424 Å². The second kappa shape index (κ2) is 68.3. The fraction of sp³-hybridized carbons (Fsp3) is 0.935. The molecule has 0 fully saturated rings. The van der Waals surface area contributed by atoms with Crippen LogP contribution in [0.2, 0.25) is 0 Å². The van der Waals surface area contributed by atoms with Crippen LogP contribution in [0.1, 0.15) is 412 Å². The molecule has 0 saturated carbocycles. The van der Waals surface area contributed by atoms with Gasteiger partial charge in [-0.1, -0.05) is 385 Å². The number of amides is 1. The number of nitrogens with one attached hydrogen (secondary N) is 1. The number of hydrogen-bond acceptors (Lipinski definition) is 6. The van der Waals surface area contributed by atoms with Gasteiger partial charge in [-0.05, 0) is 44.9 Å². The SMILES string of the molecule is CCCCCCCCCC/C=C\CCCCCCCCCCCCCCCCCCCCCCCCCC(=O)NC(COP(=O)([O-])OCC[N+](C)(C)C)C(O)/C=C/CCCCCCCCCCCCCCCCCCCCCCCCCCCCC. The Bertz CT molecular complexity index is 1450. The first-order valence-electron chi connectivity index (χ1n) is 38.7. The second-order valence-electron chi connectivity index (χ2n) is 28.1. The zero-order valence-electron chi connectivity index (χ0n) is 58.8. The number of carbonyl (C=O) groups is 1. The van der Waals surface area contributed by atoms with Crippen molar-refractivity contribution in [1.82, 2.24) is 5.32 Å². The summed E-state index contributed by atoms with van der Waals surface area (Å²) in [6, 6.07) is -0.886. The van der Waals surface area contributed by atoms with Gasteiger partial charge in [0.2, 0.25) is 5.91 Å². The predicted molar refractivity (Wildman–Crippen MR) is 376 cm³/mol. The highest BCUT2D eigenvalue weighted by Crippen LogP contribution is 2.38. The van der Waals surface area contributed by atoms with Crippen LogP contribution in [0.4, 0.5) is 0 Å². The number of phosphoric ester groups is 1. The highest BCUT2D eigenvalue weighted by molar-refractivity contribution is 7.45. The average Bonchev–Trinajstić information content (AvgIpc) is 3.70. The number of likely N-dealkylation sites (N-methyl/N-ethyl adjacent to an activating group) is 1. The van der Waals surface area contributed by atoms with Crippen molar-refractivity contribution in [1.29, 1.82) is 0 Å². The Morgan fingerprint density at radius 3 is 0.907 bits per heavy atom. The van der Waals surface area contributed by atoms with E-state index < -0.39 is 20.0 Å². The molecule has 0 heterocycles. The zero-order chi connectivity index (χ0) is 62.6. The summed E-state index contributed by atoms with van der Waals surface area (Å²) in [5.41, 5.74) is 0. The molecule has 9 heteroatoms. The number of allylic oxidation sites excluding steroid dienone is 3. The third kappa shape index (κ3) is 70.4. The Hall–Kier alpha value is -1.02. The lowest BCUT2D eigenvalue weighted by molar-refractivity contribution is -0.870. The monoisotopic (exact) mass is 1230 g/mol. The summed E-state index contributed by atoms with van der Waals surface area (Å²) in [4.78, 5) is 25.7.